The van der Waals surface area contributed by atoms with Gasteiger partial charge in [-0.3, -0.25) is 9.36 Å². The number of hydrogen-bond donors (Lipinski definition) is 2. The van der Waals surface area contributed by atoms with Gasteiger partial charge in [0.15, 0.2) is 0 Å². The van der Waals surface area contributed by atoms with Crippen LogP contribution in [0, 0.1) is 0 Å². The molecule has 0 aromatic rings. The lowest BCUT2D eigenvalue weighted by Gasteiger charge is -2.30. The fourth-order valence-corrected chi connectivity index (χ4v) is 8.78. The summed E-state index contributed by atoms with van der Waals surface area (Å²) in [6.45, 7) is 4.58. The van der Waals surface area contributed by atoms with Gasteiger partial charge in [0.1, 0.15) is 13.2 Å². The number of rotatable bonds is 52. The van der Waals surface area contributed by atoms with Crippen LogP contribution in [-0.2, 0) is 18.4 Å². The van der Waals surface area contributed by atoms with E-state index < -0.39 is 20.0 Å². The first-order valence-corrected chi connectivity index (χ1v) is 30.5. The Kier molecular flexibility index (Phi) is 50.4. The molecule has 0 spiro atoms. The van der Waals surface area contributed by atoms with Crippen molar-refractivity contribution in [2.45, 2.75) is 251 Å². The number of carbonyl (C=O) groups is 1. The number of likely N-dealkylation sites (N-methyl/N-ethyl adjacent to an activating group) is 1. The number of aliphatic hydroxyl groups is 1. The van der Waals surface area contributed by atoms with Gasteiger partial charge in [-0.25, -0.2) is 0 Å². The van der Waals surface area contributed by atoms with Gasteiger partial charge in [0.05, 0.1) is 39.9 Å². The average molecular weight is 1010 g/mol. The van der Waals surface area contributed by atoms with Gasteiger partial charge >= 0.3 is 0 Å². The number of unbranched alkanes of at least 4 members (excludes halogenated alkanes) is 23. The first kappa shape index (κ1) is 68.4. The lowest BCUT2D eigenvalue weighted by atomic mass is 10.0. The zero-order chi connectivity index (χ0) is 52.0. The molecule has 71 heavy (non-hydrogen) atoms. The van der Waals surface area contributed by atoms with Crippen LogP contribution in [-0.4, -0.2) is 68.5 Å². The van der Waals surface area contributed by atoms with Crippen LogP contribution in [0.1, 0.15) is 239 Å². The third kappa shape index (κ3) is 55.0. The number of nitrogens with zero attached hydrogens (tertiary/aromatic N) is 1. The summed E-state index contributed by atoms with van der Waals surface area (Å²) in [6.07, 6.45) is 74.6. The molecule has 0 bridgehead atoms. The highest BCUT2D eigenvalue weighted by Gasteiger charge is 2.24. The molecule has 0 saturated heterocycles. The number of allylic oxidation sites excluding steroid dienone is 16. The van der Waals surface area contributed by atoms with E-state index in [0.29, 0.717) is 23.9 Å². The molecule has 0 rings (SSSR count). The molecule has 0 aromatic carbocycles. The van der Waals surface area contributed by atoms with Gasteiger partial charge in [0, 0.05) is 6.42 Å². The number of hydrogen-bond acceptors (Lipinski definition) is 6. The Morgan fingerprint density at radius 1 is 0.507 bits per heavy atom. The van der Waals surface area contributed by atoms with Gasteiger partial charge in [0.25, 0.3) is 7.82 Å². The normalized spacial score (nSPS) is 14.6. The van der Waals surface area contributed by atoms with Crippen molar-refractivity contribution >= 4 is 13.7 Å². The van der Waals surface area contributed by atoms with Crippen molar-refractivity contribution < 1.29 is 32.9 Å². The molecule has 9 heteroatoms. The molecule has 410 valence electrons. The maximum absolute atomic E-state index is 12.9. The van der Waals surface area contributed by atoms with Crippen molar-refractivity contribution in [1.82, 2.24) is 5.32 Å². The van der Waals surface area contributed by atoms with Gasteiger partial charge in [-0.05, 0) is 77.0 Å². The maximum atomic E-state index is 12.9. The van der Waals surface area contributed by atoms with Crippen molar-refractivity contribution in [1.29, 1.82) is 0 Å². The molecule has 0 aromatic heterocycles. The summed E-state index contributed by atoms with van der Waals surface area (Å²) in [5.41, 5.74) is 0. The topological polar surface area (TPSA) is 108 Å². The Bertz CT molecular complexity index is 1470. The summed E-state index contributed by atoms with van der Waals surface area (Å²) in [4.78, 5) is 25.4. The van der Waals surface area contributed by atoms with E-state index in [0.717, 1.165) is 89.9 Å². The molecule has 0 fully saturated rings. The Labute approximate surface area is 439 Å². The molecule has 3 atom stereocenters. The molecule has 0 aliphatic carbocycles. The van der Waals surface area contributed by atoms with Crippen LogP contribution in [0.2, 0.25) is 0 Å². The smallest absolute Gasteiger partial charge is 0.268 e. The number of carbonyl (C=O) groups excluding carboxylic acids is 1. The Morgan fingerprint density at radius 3 is 1.25 bits per heavy atom. The molecular formula is C62H111N2O6P. The van der Waals surface area contributed by atoms with Crippen molar-refractivity contribution in [3.63, 3.8) is 0 Å². The van der Waals surface area contributed by atoms with E-state index in [1.807, 2.05) is 21.1 Å². The van der Waals surface area contributed by atoms with Crippen LogP contribution in [0.25, 0.3) is 0 Å². The minimum Gasteiger partial charge on any atom is -0.756 e. The molecule has 3 unspecified atom stereocenters. The first-order chi connectivity index (χ1) is 34.5. The zero-order valence-corrected chi connectivity index (χ0v) is 47.5. The van der Waals surface area contributed by atoms with Crippen LogP contribution >= 0.6 is 7.82 Å². The van der Waals surface area contributed by atoms with Crippen molar-refractivity contribution in [2.75, 3.05) is 40.9 Å². The molecular weight excluding hydrogens is 900 g/mol. The fourth-order valence-electron chi connectivity index (χ4n) is 8.06. The zero-order valence-electron chi connectivity index (χ0n) is 46.6. The quantitative estimate of drug-likeness (QED) is 0.0272. The summed E-state index contributed by atoms with van der Waals surface area (Å²) >= 11 is 0. The summed E-state index contributed by atoms with van der Waals surface area (Å²) in [7, 11) is 1.30. The summed E-state index contributed by atoms with van der Waals surface area (Å²) in [6, 6.07) is -0.803. The van der Waals surface area contributed by atoms with E-state index in [-0.39, 0.29) is 19.1 Å². The van der Waals surface area contributed by atoms with Gasteiger partial charge in [0.2, 0.25) is 5.91 Å². The predicted octanol–water partition coefficient (Wildman–Crippen LogP) is 17.2. The van der Waals surface area contributed by atoms with E-state index in [1.165, 1.54) is 122 Å². The van der Waals surface area contributed by atoms with E-state index in [4.69, 9.17) is 9.05 Å². The lowest BCUT2D eigenvalue weighted by molar-refractivity contribution is -0.870. The second-order valence-electron chi connectivity index (χ2n) is 20.6. The second kappa shape index (κ2) is 52.3. The average Bonchev–Trinajstić information content (AvgIpc) is 3.33. The van der Waals surface area contributed by atoms with E-state index in [2.05, 4.69) is 116 Å². The van der Waals surface area contributed by atoms with Crippen LogP contribution < -0.4 is 10.2 Å². The summed E-state index contributed by atoms with van der Waals surface area (Å²) in [5.74, 6) is -0.170. The molecule has 0 aliphatic rings. The van der Waals surface area contributed by atoms with Gasteiger partial charge in [-0.2, -0.15) is 0 Å². The highest BCUT2D eigenvalue weighted by molar-refractivity contribution is 7.45. The number of amides is 1. The van der Waals surface area contributed by atoms with Crippen molar-refractivity contribution in [2.24, 2.45) is 0 Å². The van der Waals surface area contributed by atoms with E-state index in [1.54, 1.807) is 0 Å². The van der Waals surface area contributed by atoms with Gasteiger partial charge in [-0.1, -0.05) is 252 Å². The molecule has 0 radical (unpaired) electrons. The second-order valence-corrected chi connectivity index (χ2v) is 22.0. The van der Waals surface area contributed by atoms with Crippen LogP contribution in [0.15, 0.2) is 97.2 Å². The highest BCUT2D eigenvalue weighted by atomic mass is 31.2. The SMILES string of the molecule is CC/C=C\C/C=C\C/C=C\C/C=C\C/C=C\C/C=C\C/C=C\C/C=C\CCCCCCCCCCCCCCCCC(=O)NC(COP(=O)([O-])OCC[N+](C)(C)C)C(O)CCCCCCCCCCCC. The third-order valence-corrected chi connectivity index (χ3v) is 13.6. The minimum absolute atomic E-state index is 0.00919. The van der Waals surface area contributed by atoms with Gasteiger partial charge < -0.3 is 28.8 Å². The first-order valence-electron chi connectivity index (χ1n) is 29.1. The Morgan fingerprint density at radius 2 is 0.859 bits per heavy atom. The lowest BCUT2D eigenvalue weighted by Crippen LogP contribution is -2.46. The third-order valence-electron chi connectivity index (χ3n) is 12.6. The molecule has 0 aliphatic heterocycles. The molecule has 0 saturated carbocycles. The van der Waals surface area contributed by atoms with Crippen molar-refractivity contribution in [3.05, 3.63) is 97.2 Å². The number of phosphoric acid groups is 1. The van der Waals surface area contributed by atoms with Crippen LogP contribution in [0.4, 0.5) is 0 Å². The maximum Gasteiger partial charge on any atom is 0.268 e. The van der Waals surface area contributed by atoms with E-state index >= 15 is 0 Å². The Balaban J connectivity index is 3.95. The molecule has 2 N–H and O–H groups in total. The van der Waals surface area contributed by atoms with Crippen LogP contribution in [0.5, 0.6) is 0 Å². The van der Waals surface area contributed by atoms with E-state index in [9.17, 15) is 19.4 Å². The fraction of sp³-hybridized carbons (Fsp3) is 0.726. The largest absolute Gasteiger partial charge is 0.756 e. The minimum atomic E-state index is -4.57. The number of aliphatic hydroxyl groups excluding tert-OH is 1. The number of phosphoric ester groups is 1. The van der Waals surface area contributed by atoms with Gasteiger partial charge in [-0.15, -0.1) is 0 Å². The Hall–Kier alpha value is -2.58. The molecule has 0 heterocycles. The standard InChI is InChI=1S/C62H111N2O6P/c1-6-8-10-12-14-16-18-19-20-21-22-23-24-25-26-27-28-29-30-31-32-33-34-35-36-37-38-39-40-41-42-43-44-45-46-48-50-52-54-56-62(66)63-60(59-70-71(67,68)69-58-57-64(3,4)5)61(65)55-53-51-49-47-17-15-13-11-9-7-2/h8,10,14,16,19-20,22-23,25-26,28-29,31-32,34-35,60-61,65H,6-7,9,11-13,15,17-18,21,24,27,30,33,36-59H2,1-5H3,(H-,63,66,67,68)/b10-8-,16-14-,20-19-,23-22-,26-25-,29-28-,32-31-,35-34-. The highest BCUT2D eigenvalue weighted by Crippen LogP contribution is 2.38. The monoisotopic (exact) mass is 1010 g/mol. The van der Waals surface area contributed by atoms with Crippen LogP contribution in [0.3, 0.4) is 0 Å². The number of nitrogens with one attached hydrogen (secondary N) is 1. The molecule has 1 amide bonds. The molecule has 8 nitrogen and oxygen atoms in total. The summed E-state index contributed by atoms with van der Waals surface area (Å²) in [5, 5.41) is 13.9. The predicted molar refractivity (Wildman–Crippen MR) is 306 cm³/mol. The number of quaternary nitrogens is 1. The summed E-state index contributed by atoms with van der Waals surface area (Å²) < 4.78 is 23.3. The van der Waals surface area contributed by atoms with Crippen molar-refractivity contribution in [3.8, 4) is 0 Å².